The van der Waals surface area contributed by atoms with Crippen molar-refractivity contribution in [3.05, 3.63) is 0 Å². The molecule has 0 unspecified atom stereocenters. The van der Waals surface area contributed by atoms with Crippen LogP contribution in [0.2, 0.25) is 0 Å². The van der Waals surface area contributed by atoms with Crippen LogP contribution in [0.15, 0.2) is 0 Å². The fourth-order valence-electron chi connectivity index (χ4n) is 2.63. The quantitative estimate of drug-likeness (QED) is 0.583. The molecule has 0 radical (unpaired) electrons. The van der Waals surface area contributed by atoms with Gasteiger partial charge in [0.15, 0.2) is 0 Å². The third-order valence-corrected chi connectivity index (χ3v) is 9.46. The van der Waals surface area contributed by atoms with Crippen LogP contribution in [-0.2, 0) is 9.05 Å². The molecule has 0 fully saturated rings. The van der Waals surface area contributed by atoms with Crippen LogP contribution in [0.3, 0.4) is 0 Å². The Balaban J connectivity index is 5.36. The Morgan fingerprint density at radius 2 is 1.12 bits per heavy atom. The molecule has 0 aromatic heterocycles. The molecule has 3 nitrogen and oxygen atoms in total. The molecule has 0 aliphatic heterocycles. The Bertz CT molecular complexity index is 181. The predicted molar refractivity (Wildman–Crippen MR) is 74.2 cm³/mol. The van der Waals surface area contributed by atoms with Gasteiger partial charge in [-0.2, -0.15) is 0 Å². The maximum atomic E-state index is 6.23. The summed E-state index contributed by atoms with van der Waals surface area (Å²) in [6.07, 6.45) is 1.96. The second-order valence-electron chi connectivity index (χ2n) is 3.87. The second-order valence-corrected chi connectivity index (χ2v) is 8.74. The van der Waals surface area contributed by atoms with Gasteiger partial charge >= 0.3 is 101 Å². The molecule has 0 spiro atoms. The Labute approximate surface area is 102 Å². The van der Waals surface area contributed by atoms with E-state index < -0.39 is 7.21 Å². The predicted octanol–water partition coefficient (Wildman–Crippen LogP) is 3.74. The molecule has 0 aromatic rings. The summed E-state index contributed by atoms with van der Waals surface area (Å²) in [5, 5.41) is 0. The van der Waals surface area contributed by atoms with E-state index >= 15 is 0 Å². The van der Waals surface area contributed by atoms with Crippen molar-refractivity contribution in [2.24, 2.45) is 0 Å². The Hall–Kier alpha value is 0.310. The van der Waals surface area contributed by atoms with Gasteiger partial charge in [-0.1, -0.05) is 0 Å². The van der Waals surface area contributed by atoms with Crippen LogP contribution >= 0.6 is 7.21 Å². The summed E-state index contributed by atoms with van der Waals surface area (Å²) in [5.74, 6) is 0. The molecule has 0 saturated heterocycles. The molecule has 0 heterocycles. The molecule has 0 N–H and O–H groups in total. The molecule has 0 saturated carbocycles. The van der Waals surface area contributed by atoms with Crippen molar-refractivity contribution in [1.29, 1.82) is 0 Å². The third-order valence-electron chi connectivity index (χ3n) is 3.45. The van der Waals surface area contributed by atoms with Crippen LogP contribution in [0, 0.1) is 0 Å². The number of hydrogen-bond donors (Lipinski definition) is 0. The Morgan fingerprint density at radius 1 is 0.750 bits per heavy atom. The van der Waals surface area contributed by atoms with Crippen molar-refractivity contribution in [3.8, 4) is 0 Å². The van der Waals surface area contributed by atoms with Crippen LogP contribution in [0.5, 0.6) is 0 Å². The maximum absolute atomic E-state index is 6.23. The van der Waals surface area contributed by atoms with E-state index in [4.69, 9.17) is 9.05 Å². The first-order valence-electron chi connectivity index (χ1n) is 6.65. The molecular weight excluding hydrogens is 221 g/mol. The summed E-state index contributed by atoms with van der Waals surface area (Å²) < 4.78 is 14.9. The summed E-state index contributed by atoms with van der Waals surface area (Å²) in [6.45, 7) is 16.4. The fourth-order valence-corrected chi connectivity index (χ4v) is 7.44. The first kappa shape index (κ1) is 16.3. The van der Waals surface area contributed by atoms with Crippen molar-refractivity contribution >= 4 is 7.21 Å². The third kappa shape index (κ3) is 2.76. The fraction of sp³-hybridized carbons (Fsp3) is 1.00. The van der Waals surface area contributed by atoms with E-state index in [1.807, 2.05) is 0 Å². The zero-order valence-corrected chi connectivity index (χ0v) is 12.8. The SMILES string of the molecule is CCOP(CC)(CC)(OCC)N(CC)CC. The van der Waals surface area contributed by atoms with Crippen LogP contribution in [0.1, 0.15) is 41.5 Å². The van der Waals surface area contributed by atoms with E-state index in [-0.39, 0.29) is 0 Å². The van der Waals surface area contributed by atoms with Gasteiger partial charge in [-0.05, 0) is 0 Å². The van der Waals surface area contributed by atoms with Gasteiger partial charge in [0.25, 0.3) is 0 Å². The van der Waals surface area contributed by atoms with Crippen molar-refractivity contribution < 1.29 is 9.05 Å². The van der Waals surface area contributed by atoms with Crippen molar-refractivity contribution in [3.63, 3.8) is 0 Å². The normalized spacial score (nSPS) is 15.1. The van der Waals surface area contributed by atoms with Crippen molar-refractivity contribution in [1.82, 2.24) is 4.67 Å². The number of rotatable bonds is 9. The minimum absolute atomic E-state index is 0.732. The molecule has 0 amide bonds. The minimum atomic E-state index is -2.57. The van der Waals surface area contributed by atoms with Gasteiger partial charge in [0.05, 0.1) is 0 Å². The van der Waals surface area contributed by atoms with Crippen LogP contribution in [0.4, 0.5) is 0 Å². The monoisotopic (exact) mass is 251 g/mol. The first-order chi connectivity index (χ1) is 7.58. The Morgan fingerprint density at radius 3 is 1.31 bits per heavy atom. The van der Waals surface area contributed by atoms with Crippen LogP contribution < -0.4 is 0 Å². The van der Waals surface area contributed by atoms with E-state index in [1.54, 1.807) is 0 Å². The zero-order valence-electron chi connectivity index (χ0n) is 12.0. The molecule has 0 aliphatic rings. The average molecular weight is 251 g/mol. The summed E-state index contributed by atoms with van der Waals surface area (Å²) >= 11 is 0. The van der Waals surface area contributed by atoms with Gasteiger partial charge in [-0.25, -0.2) is 0 Å². The Kier molecular flexibility index (Phi) is 7.04. The zero-order chi connectivity index (χ0) is 12.7. The van der Waals surface area contributed by atoms with Crippen molar-refractivity contribution in [2.45, 2.75) is 41.5 Å². The van der Waals surface area contributed by atoms with E-state index in [0.717, 1.165) is 38.6 Å². The molecule has 0 atom stereocenters. The molecule has 0 aromatic carbocycles. The van der Waals surface area contributed by atoms with E-state index in [2.05, 4.69) is 46.2 Å². The summed E-state index contributed by atoms with van der Waals surface area (Å²) in [5.41, 5.74) is 0. The molecule has 100 valence electrons. The van der Waals surface area contributed by atoms with Crippen molar-refractivity contribution in [2.75, 3.05) is 38.6 Å². The van der Waals surface area contributed by atoms with Gasteiger partial charge in [0.2, 0.25) is 0 Å². The molecule has 4 heteroatoms. The van der Waals surface area contributed by atoms with Gasteiger partial charge in [-0.3, -0.25) is 0 Å². The van der Waals surface area contributed by atoms with Crippen LogP contribution in [0.25, 0.3) is 0 Å². The molecule has 0 aliphatic carbocycles. The summed E-state index contributed by atoms with van der Waals surface area (Å²) in [4.78, 5) is 0. The van der Waals surface area contributed by atoms with Crippen LogP contribution in [-0.4, -0.2) is 43.3 Å². The van der Waals surface area contributed by atoms with E-state index in [9.17, 15) is 0 Å². The van der Waals surface area contributed by atoms with E-state index in [0.29, 0.717) is 0 Å². The number of hydrogen-bond acceptors (Lipinski definition) is 3. The standard InChI is InChI=1S/C12H30NO2P/c1-7-13(8-2)16(11-5,12-6,14-9-3)15-10-4/h7-12H2,1-6H3. The average Bonchev–Trinajstić information content (AvgIpc) is 2.31. The molecule has 0 rings (SSSR count). The molecular formula is C12H30NO2P. The first-order valence-corrected chi connectivity index (χ1v) is 9.05. The number of nitrogens with zero attached hydrogens (tertiary/aromatic N) is 1. The molecule has 16 heavy (non-hydrogen) atoms. The summed E-state index contributed by atoms with van der Waals surface area (Å²) in [7, 11) is -2.57. The molecule has 0 bridgehead atoms. The van der Waals surface area contributed by atoms with Gasteiger partial charge in [0, 0.05) is 0 Å². The van der Waals surface area contributed by atoms with Gasteiger partial charge in [0.1, 0.15) is 0 Å². The topological polar surface area (TPSA) is 21.7 Å². The van der Waals surface area contributed by atoms with Gasteiger partial charge < -0.3 is 0 Å². The second kappa shape index (κ2) is 6.90. The van der Waals surface area contributed by atoms with E-state index in [1.165, 1.54) is 0 Å². The van der Waals surface area contributed by atoms with Gasteiger partial charge in [-0.15, -0.1) is 0 Å². The summed E-state index contributed by atoms with van der Waals surface area (Å²) in [6, 6.07) is 0.